The van der Waals surface area contributed by atoms with Gasteiger partial charge in [0.05, 0.1) is 12.7 Å². The van der Waals surface area contributed by atoms with E-state index >= 15 is 8.78 Å². The quantitative estimate of drug-likeness (QED) is 0.146. The molecule has 1 fully saturated rings. The molecule has 0 radical (unpaired) electrons. The van der Waals surface area contributed by atoms with E-state index in [1.165, 1.54) is 0 Å². The molecule has 202 valence electrons. The van der Waals surface area contributed by atoms with Crippen LogP contribution in [-0.2, 0) is 11.2 Å². The third-order valence-corrected chi connectivity index (χ3v) is 7.45. The highest BCUT2D eigenvalue weighted by Gasteiger charge is 2.26. The topological polar surface area (TPSA) is 9.23 Å². The van der Waals surface area contributed by atoms with Crippen LogP contribution in [0.5, 0.6) is 0 Å². The maximum absolute atomic E-state index is 15.1. The lowest BCUT2D eigenvalue weighted by Crippen LogP contribution is -2.20. The molecule has 0 bridgehead atoms. The lowest BCUT2D eigenvalue weighted by molar-refractivity contribution is -0.00743. The van der Waals surface area contributed by atoms with Crippen molar-refractivity contribution in [3.8, 4) is 22.3 Å². The average Bonchev–Trinajstić information content (AvgIpc) is 2.93. The van der Waals surface area contributed by atoms with Crippen molar-refractivity contribution >= 4 is 0 Å². The molecule has 0 aliphatic carbocycles. The van der Waals surface area contributed by atoms with E-state index in [1.807, 2.05) is 13.0 Å². The summed E-state index contributed by atoms with van der Waals surface area (Å²) in [6.07, 6.45) is 10.8. The van der Waals surface area contributed by atoms with Gasteiger partial charge in [-0.2, -0.15) is 0 Å². The van der Waals surface area contributed by atoms with Crippen LogP contribution in [0.2, 0.25) is 0 Å². The maximum atomic E-state index is 15.1. The molecule has 1 aliphatic heterocycles. The average molecular weight is 525 g/mol. The molecule has 0 saturated carbocycles. The Morgan fingerprint density at radius 1 is 0.737 bits per heavy atom. The van der Waals surface area contributed by atoms with Crippen LogP contribution >= 0.6 is 0 Å². The minimum Gasteiger partial charge on any atom is -0.373 e. The molecule has 0 amide bonds. The number of hydrogen-bond acceptors (Lipinski definition) is 1. The van der Waals surface area contributed by atoms with Crippen molar-refractivity contribution in [3.05, 3.63) is 95.1 Å². The van der Waals surface area contributed by atoms with Crippen molar-refractivity contribution in [3.63, 3.8) is 0 Å². The van der Waals surface area contributed by atoms with Gasteiger partial charge >= 0.3 is 0 Å². The van der Waals surface area contributed by atoms with Gasteiger partial charge in [-0.25, -0.2) is 17.6 Å². The van der Waals surface area contributed by atoms with Crippen molar-refractivity contribution < 1.29 is 22.3 Å². The summed E-state index contributed by atoms with van der Waals surface area (Å²) in [7, 11) is 0. The second-order valence-electron chi connectivity index (χ2n) is 10.2. The van der Waals surface area contributed by atoms with Gasteiger partial charge in [0, 0.05) is 22.6 Å². The van der Waals surface area contributed by atoms with Crippen LogP contribution < -0.4 is 0 Å². The lowest BCUT2D eigenvalue weighted by atomic mass is 9.92. The molecule has 2 atom stereocenters. The first kappa shape index (κ1) is 28.1. The van der Waals surface area contributed by atoms with Gasteiger partial charge in [-0.1, -0.05) is 93.3 Å². The fraction of sp³-hybridized carbons (Fsp3) is 0.394. The van der Waals surface area contributed by atoms with Crippen LogP contribution in [0.25, 0.3) is 22.3 Å². The van der Waals surface area contributed by atoms with E-state index in [2.05, 4.69) is 13.0 Å². The second kappa shape index (κ2) is 13.2. The number of aryl methyl sites for hydroxylation is 1. The zero-order valence-electron chi connectivity index (χ0n) is 22.2. The van der Waals surface area contributed by atoms with Crippen molar-refractivity contribution in [2.75, 3.05) is 6.61 Å². The van der Waals surface area contributed by atoms with Crippen LogP contribution in [0, 0.1) is 29.2 Å². The van der Waals surface area contributed by atoms with E-state index in [0.29, 0.717) is 42.1 Å². The van der Waals surface area contributed by atoms with Gasteiger partial charge in [0.25, 0.3) is 0 Å². The summed E-state index contributed by atoms with van der Waals surface area (Å²) < 4.78 is 65.6. The van der Waals surface area contributed by atoms with Gasteiger partial charge in [0.2, 0.25) is 0 Å². The van der Waals surface area contributed by atoms with Crippen LogP contribution in [0.15, 0.2) is 60.7 Å². The number of benzene rings is 3. The molecule has 0 spiro atoms. The summed E-state index contributed by atoms with van der Waals surface area (Å²) >= 11 is 0. The lowest BCUT2D eigenvalue weighted by Gasteiger charge is -2.28. The first-order valence-corrected chi connectivity index (χ1v) is 13.7. The van der Waals surface area contributed by atoms with Crippen LogP contribution in [0.4, 0.5) is 17.6 Å². The number of hydrogen-bond donors (Lipinski definition) is 0. The van der Waals surface area contributed by atoms with Crippen LogP contribution in [0.1, 0.15) is 76.0 Å². The Morgan fingerprint density at radius 2 is 1.37 bits per heavy atom. The highest BCUT2D eigenvalue weighted by molar-refractivity contribution is 5.71. The maximum Gasteiger partial charge on any atom is 0.167 e. The van der Waals surface area contributed by atoms with E-state index in [-0.39, 0.29) is 16.7 Å². The summed E-state index contributed by atoms with van der Waals surface area (Å²) in [4.78, 5) is 0. The third-order valence-electron chi connectivity index (χ3n) is 7.45. The summed E-state index contributed by atoms with van der Waals surface area (Å²) in [6, 6.07) is 12.8. The second-order valence-corrected chi connectivity index (χ2v) is 10.2. The van der Waals surface area contributed by atoms with Gasteiger partial charge < -0.3 is 4.74 Å². The summed E-state index contributed by atoms with van der Waals surface area (Å²) in [5.41, 5.74) is 1.81. The zero-order chi connectivity index (χ0) is 27.1. The van der Waals surface area contributed by atoms with Gasteiger partial charge in [-0.3, -0.25) is 0 Å². The summed E-state index contributed by atoms with van der Waals surface area (Å²) in [6.45, 7) is 4.57. The number of halogens is 4. The summed E-state index contributed by atoms with van der Waals surface area (Å²) in [5.74, 6) is -3.23. The van der Waals surface area contributed by atoms with E-state index in [1.54, 1.807) is 48.5 Å². The van der Waals surface area contributed by atoms with Gasteiger partial charge in [0.1, 0.15) is 0 Å². The van der Waals surface area contributed by atoms with Gasteiger partial charge in [-0.05, 0) is 49.3 Å². The summed E-state index contributed by atoms with van der Waals surface area (Å²) in [5, 5.41) is 0. The predicted octanol–water partition coefficient (Wildman–Crippen LogP) is 10.1. The van der Waals surface area contributed by atoms with Crippen LogP contribution in [-0.4, -0.2) is 6.61 Å². The Bertz CT molecular complexity index is 1240. The molecule has 2 unspecified atom stereocenters. The minimum atomic E-state index is -0.935. The smallest absolute Gasteiger partial charge is 0.167 e. The first-order valence-electron chi connectivity index (χ1n) is 13.7. The van der Waals surface area contributed by atoms with Crippen molar-refractivity contribution in [2.45, 2.75) is 71.3 Å². The number of unbranched alkanes of at least 4 members (excludes halogenated alkanes) is 4. The molecule has 3 aromatic rings. The van der Waals surface area contributed by atoms with Crippen molar-refractivity contribution in [1.29, 1.82) is 0 Å². The number of ether oxygens (including phenoxy) is 1. The molecule has 3 aromatic carbocycles. The van der Waals surface area contributed by atoms with E-state index < -0.39 is 29.4 Å². The van der Waals surface area contributed by atoms with E-state index in [9.17, 15) is 8.78 Å². The normalized spacial score (nSPS) is 17.8. The Balaban J connectivity index is 1.48. The molecule has 38 heavy (non-hydrogen) atoms. The molecule has 1 saturated heterocycles. The van der Waals surface area contributed by atoms with Crippen LogP contribution in [0.3, 0.4) is 0 Å². The Labute approximate surface area is 223 Å². The molecule has 0 N–H and O–H groups in total. The molecule has 1 nitrogen and oxygen atoms in total. The molecular formula is C33H36F4O. The zero-order valence-corrected chi connectivity index (χ0v) is 22.2. The number of rotatable bonds is 10. The SMILES string of the molecule is C/C=C/C1CCC(c2ccc(-c3ccc(-c4ccc(CCCCCCC)c(F)c4F)cc3)c(F)c2F)OC1. The molecule has 5 heteroatoms. The highest BCUT2D eigenvalue weighted by atomic mass is 19.2. The van der Waals surface area contributed by atoms with Gasteiger partial charge in [0.15, 0.2) is 23.3 Å². The minimum absolute atomic E-state index is 0.116. The third kappa shape index (κ3) is 6.37. The fourth-order valence-corrected chi connectivity index (χ4v) is 5.23. The van der Waals surface area contributed by atoms with Crippen molar-refractivity contribution in [1.82, 2.24) is 0 Å². The Morgan fingerprint density at radius 3 is 1.97 bits per heavy atom. The fourth-order valence-electron chi connectivity index (χ4n) is 5.23. The Kier molecular flexibility index (Phi) is 9.79. The molecule has 4 rings (SSSR count). The molecule has 1 heterocycles. The number of allylic oxidation sites excluding steroid dienone is 1. The van der Waals surface area contributed by atoms with Gasteiger partial charge in [-0.15, -0.1) is 0 Å². The molecule has 0 aromatic heterocycles. The van der Waals surface area contributed by atoms with Crippen molar-refractivity contribution in [2.24, 2.45) is 5.92 Å². The highest BCUT2D eigenvalue weighted by Crippen LogP contribution is 2.36. The molecule has 1 aliphatic rings. The molecular weight excluding hydrogens is 488 g/mol. The predicted molar refractivity (Wildman–Crippen MR) is 146 cm³/mol. The monoisotopic (exact) mass is 524 g/mol. The standard InChI is InChI=1S/C33H36F4O/c1-3-5-6-7-8-10-25-16-17-26(31(35)30(25)34)23-12-14-24(15-13-23)27-18-19-28(33(37)32(27)36)29-20-11-22(9-4-2)21-38-29/h4,9,12-19,22,29H,3,5-8,10-11,20-21H2,1-2H3/b9-4+. The van der Waals surface area contributed by atoms with E-state index in [4.69, 9.17) is 4.74 Å². The first-order chi connectivity index (χ1) is 18.4. The van der Waals surface area contributed by atoms with E-state index in [0.717, 1.165) is 38.5 Å². The largest absolute Gasteiger partial charge is 0.373 e. The Hall–Kier alpha value is -2.92.